The van der Waals surface area contributed by atoms with Crippen LogP contribution in [-0.2, 0) is 0 Å². The van der Waals surface area contributed by atoms with Gasteiger partial charge in [0.25, 0.3) is 5.91 Å². The fourth-order valence-corrected chi connectivity index (χ4v) is 1.70. The first kappa shape index (κ1) is 13.1. The zero-order valence-electron chi connectivity index (χ0n) is 11.3. The summed E-state index contributed by atoms with van der Waals surface area (Å²) < 4.78 is 0. The average Bonchev–Trinajstić information content (AvgIpc) is 2.92. The van der Waals surface area contributed by atoms with Crippen molar-refractivity contribution in [3.8, 4) is 0 Å². The highest BCUT2D eigenvalue weighted by Crippen LogP contribution is 2.10. The van der Waals surface area contributed by atoms with Gasteiger partial charge in [-0.25, -0.2) is 5.43 Å². The van der Waals surface area contributed by atoms with Crippen LogP contribution in [0.1, 0.15) is 34.1 Å². The number of H-pyrrole nitrogens is 1. The summed E-state index contributed by atoms with van der Waals surface area (Å²) in [4.78, 5) is 14.5. The molecule has 0 aliphatic heterocycles. The number of carbonyl (C=O) groups excluding carboxylic acids is 1. The zero-order valence-corrected chi connectivity index (χ0v) is 11.3. The Morgan fingerprint density at radius 1 is 1.21 bits per heavy atom. The molecule has 1 amide bonds. The number of rotatable bonds is 3. The van der Waals surface area contributed by atoms with Crippen molar-refractivity contribution in [3.63, 3.8) is 0 Å². The lowest BCUT2D eigenvalue weighted by molar-refractivity contribution is 0.0950. The van der Waals surface area contributed by atoms with Gasteiger partial charge in [-0.3, -0.25) is 4.79 Å². The molecular weight excluding hydrogens is 238 g/mol. The van der Waals surface area contributed by atoms with Crippen LogP contribution in [0.5, 0.6) is 0 Å². The first-order valence-electron chi connectivity index (χ1n) is 6.13. The van der Waals surface area contributed by atoms with Crippen LogP contribution in [0, 0.1) is 13.8 Å². The van der Waals surface area contributed by atoms with Crippen molar-refractivity contribution in [2.24, 2.45) is 5.10 Å². The quantitative estimate of drug-likeness (QED) is 0.643. The molecule has 0 saturated carbocycles. The van der Waals surface area contributed by atoms with E-state index in [1.54, 1.807) is 18.3 Å². The van der Waals surface area contributed by atoms with Gasteiger partial charge >= 0.3 is 0 Å². The Hall–Kier alpha value is -2.36. The number of benzene rings is 1. The summed E-state index contributed by atoms with van der Waals surface area (Å²) in [6.07, 6.45) is 1.70. The van der Waals surface area contributed by atoms with Crippen LogP contribution in [0.4, 0.5) is 0 Å². The van der Waals surface area contributed by atoms with E-state index in [1.165, 1.54) is 11.1 Å². The number of hydrogen-bond donors (Lipinski definition) is 2. The lowest BCUT2D eigenvalue weighted by Gasteiger charge is -2.05. The van der Waals surface area contributed by atoms with Crippen molar-refractivity contribution in [3.05, 3.63) is 58.9 Å². The molecule has 1 heterocycles. The second-order valence-corrected chi connectivity index (χ2v) is 4.52. The van der Waals surface area contributed by atoms with E-state index in [4.69, 9.17) is 0 Å². The molecule has 19 heavy (non-hydrogen) atoms. The second kappa shape index (κ2) is 5.52. The number of nitrogens with zero attached hydrogens (tertiary/aromatic N) is 1. The molecule has 2 rings (SSSR count). The van der Waals surface area contributed by atoms with Crippen molar-refractivity contribution in [1.29, 1.82) is 0 Å². The van der Waals surface area contributed by atoms with Crippen LogP contribution in [0.3, 0.4) is 0 Å². The van der Waals surface area contributed by atoms with E-state index in [9.17, 15) is 4.79 Å². The minimum Gasteiger partial charge on any atom is -0.357 e. The van der Waals surface area contributed by atoms with Gasteiger partial charge in [0.2, 0.25) is 0 Å². The molecule has 0 radical (unpaired) electrons. The molecule has 1 aromatic carbocycles. The Bertz CT molecular complexity index is 612. The van der Waals surface area contributed by atoms with E-state index < -0.39 is 0 Å². The van der Waals surface area contributed by atoms with Crippen molar-refractivity contribution in [2.75, 3.05) is 0 Å². The molecule has 2 aromatic rings. The third-order valence-corrected chi connectivity index (χ3v) is 3.09. The molecule has 4 nitrogen and oxygen atoms in total. The molecule has 0 fully saturated rings. The van der Waals surface area contributed by atoms with Gasteiger partial charge in [-0.05, 0) is 55.7 Å². The van der Waals surface area contributed by atoms with Crippen LogP contribution in [-0.4, -0.2) is 16.6 Å². The normalized spacial score (nSPS) is 11.4. The van der Waals surface area contributed by atoms with Gasteiger partial charge in [0.15, 0.2) is 0 Å². The maximum Gasteiger partial charge on any atom is 0.287 e. The average molecular weight is 255 g/mol. The lowest BCUT2D eigenvalue weighted by atomic mass is 10.0. The molecule has 4 heteroatoms. The molecule has 0 spiro atoms. The maximum absolute atomic E-state index is 11.7. The van der Waals surface area contributed by atoms with Gasteiger partial charge in [0.1, 0.15) is 5.69 Å². The van der Waals surface area contributed by atoms with Crippen LogP contribution >= 0.6 is 0 Å². The predicted molar refractivity (Wildman–Crippen MR) is 76.4 cm³/mol. The van der Waals surface area contributed by atoms with Gasteiger partial charge in [-0.1, -0.05) is 12.1 Å². The minimum atomic E-state index is -0.242. The molecule has 98 valence electrons. The molecule has 0 bridgehead atoms. The van der Waals surface area contributed by atoms with Gasteiger partial charge in [0, 0.05) is 6.20 Å². The maximum atomic E-state index is 11.7. The number of hydrazone groups is 1. The van der Waals surface area contributed by atoms with Crippen LogP contribution in [0.2, 0.25) is 0 Å². The summed E-state index contributed by atoms with van der Waals surface area (Å²) in [5.74, 6) is -0.242. The first-order valence-corrected chi connectivity index (χ1v) is 6.13. The molecule has 2 N–H and O–H groups in total. The number of aryl methyl sites for hydroxylation is 2. The number of aromatic amines is 1. The van der Waals surface area contributed by atoms with Crippen LogP contribution in [0.15, 0.2) is 41.6 Å². The fraction of sp³-hybridized carbons (Fsp3) is 0.200. The highest BCUT2D eigenvalue weighted by Gasteiger charge is 2.05. The summed E-state index contributed by atoms with van der Waals surface area (Å²) in [6, 6.07) is 9.60. The van der Waals surface area contributed by atoms with E-state index >= 15 is 0 Å². The second-order valence-electron chi connectivity index (χ2n) is 4.52. The molecular formula is C15H17N3O. The zero-order chi connectivity index (χ0) is 13.8. The van der Waals surface area contributed by atoms with Gasteiger partial charge < -0.3 is 4.98 Å². The summed E-state index contributed by atoms with van der Waals surface area (Å²) in [5, 5.41) is 4.12. The highest BCUT2D eigenvalue weighted by molar-refractivity contribution is 6.00. The topological polar surface area (TPSA) is 57.2 Å². The van der Waals surface area contributed by atoms with E-state index in [2.05, 4.69) is 41.5 Å². The molecule has 0 saturated heterocycles. The number of hydrogen-bond acceptors (Lipinski definition) is 2. The smallest absolute Gasteiger partial charge is 0.287 e. The molecule has 0 atom stereocenters. The Morgan fingerprint density at radius 2 is 2.00 bits per heavy atom. The largest absolute Gasteiger partial charge is 0.357 e. The summed E-state index contributed by atoms with van der Waals surface area (Å²) in [7, 11) is 0. The lowest BCUT2D eigenvalue weighted by Crippen LogP contribution is -2.19. The number of aromatic nitrogens is 1. The van der Waals surface area contributed by atoms with Gasteiger partial charge in [-0.15, -0.1) is 0 Å². The fourth-order valence-electron chi connectivity index (χ4n) is 1.70. The molecule has 0 aliphatic carbocycles. The molecule has 0 aliphatic rings. The van der Waals surface area contributed by atoms with E-state index in [-0.39, 0.29) is 5.91 Å². The monoisotopic (exact) mass is 255 g/mol. The van der Waals surface area contributed by atoms with Gasteiger partial charge in [-0.2, -0.15) is 5.10 Å². The molecule has 0 unspecified atom stereocenters. The van der Waals surface area contributed by atoms with Crippen LogP contribution < -0.4 is 5.43 Å². The van der Waals surface area contributed by atoms with E-state index in [0.717, 1.165) is 11.3 Å². The molecule has 1 aromatic heterocycles. The number of carbonyl (C=O) groups is 1. The van der Waals surface area contributed by atoms with Crippen molar-refractivity contribution >= 4 is 11.6 Å². The number of nitrogens with one attached hydrogen (secondary N) is 2. The Balaban J connectivity index is 2.10. The van der Waals surface area contributed by atoms with E-state index in [1.807, 2.05) is 13.0 Å². The number of amides is 1. The summed E-state index contributed by atoms with van der Waals surface area (Å²) in [6.45, 7) is 6.00. The van der Waals surface area contributed by atoms with E-state index in [0.29, 0.717) is 5.69 Å². The van der Waals surface area contributed by atoms with Crippen molar-refractivity contribution in [2.45, 2.75) is 20.8 Å². The summed E-state index contributed by atoms with van der Waals surface area (Å²) >= 11 is 0. The standard InChI is InChI=1S/C15H17N3O/c1-10-6-7-13(9-11(10)2)12(3)17-18-15(19)14-5-4-8-16-14/h4-9,16H,1-3H3,(H,18,19)/b17-12-. The third-order valence-electron chi connectivity index (χ3n) is 3.09. The first-order chi connectivity index (χ1) is 9.08. The Kier molecular flexibility index (Phi) is 3.80. The van der Waals surface area contributed by atoms with Gasteiger partial charge in [0.05, 0.1) is 5.71 Å². The van der Waals surface area contributed by atoms with Crippen molar-refractivity contribution in [1.82, 2.24) is 10.4 Å². The Labute approximate surface area is 112 Å². The minimum absolute atomic E-state index is 0.242. The predicted octanol–water partition coefficient (Wildman–Crippen LogP) is 2.79. The highest BCUT2D eigenvalue weighted by atomic mass is 16.2. The SMILES string of the molecule is C/C(=N/NC(=O)c1ccc[nH]1)c1ccc(C)c(C)c1. The van der Waals surface area contributed by atoms with Crippen molar-refractivity contribution < 1.29 is 4.79 Å². The van der Waals surface area contributed by atoms with Crippen LogP contribution in [0.25, 0.3) is 0 Å². The third kappa shape index (κ3) is 3.10. The summed E-state index contributed by atoms with van der Waals surface area (Å²) in [5.41, 5.74) is 7.28. The Morgan fingerprint density at radius 3 is 2.63 bits per heavy atom.